The van der Waals surface area contributed by atoms with Crippen LogP contribution in [0.3, 0.4) is 0 Å². The van der Waals surface area contributed by atoms with Crippen LogP contribution in [0.5, 0.6) is 5.75 Å². The lowest BCUT2D eigenvalue weighted by Crippen LogP contribution is -1.99. The molecule has 0 aromatic heterocycles. The fourth-order valence-electron chi connectivity index (χ4n) is 2.51. The van der Waals surface area contributed by atoms with Crippen molar-refractivity contribution in [3.05, 3.63) is 76.3 Å². The predicted octanol–water partition coefficient (Wildman–Crippen LogP) is 5.13. The van der Waals surface area contributed by atoms with Crippen molar-refractivity contribution in [1.82, 2.24) is 0 Å². The maximum atomic E-state index is 5.48. The topological polar surface area (TPSA) is 18.5 Å². The van der Waals surface area contributed by atoms with Gasteiger partial charge >= 0.3 is 0 Å². The lowest BCUT2D eigenvalue weighted by atomic mass is 10.1. The van der Waals surface area contributed by atoms with Crippen molar-refractivity contribution in [2.24, 2.45) is 0 Å². The number of benzene rings is 1. The van der Waals surface area contributed by atoms with E-state index >= 15 is 0 Å². The SMILES string of the molecule is COCOc1ccc(Cc2cc3cccccc-3c2)cc1Br. The maximum absolute atomic E-state index is 5.48. The predicted molar refractivity (Wildman–Crippen MR) is 92.5 cm³/mol. The van der Waals surface area contributed by atoms with Crippen molar-refractivity contribution in [2.75, 3.05) is 13.9 Å². The summed E-state index contributed by atoms with van der Waals surface area (Å²) < 4.78 is 11.4. The van der Waals surface area contributed by atoms with Gasteiger partial charge in [0.15, 0.2) is 6.79 Å². The average molecular weight is 357 g/mol. The van der Waals surface area contributed by atoms with Gasteiger partial charge in [0.1, 0.15) is 5.75 Å². The van der Waals surface area contributed by atoms with Crippen LogP contribution in [0.2, 0.25) is 0 Å². The molecule has 3 rings (SSSR count). The average Bonchev–Trinajstić information content (AvgIpc) is 2.75. The third-order valence-corrected chi connectivity index (χ3v) is 4.15. The molecule has 0 heterocycles. The molecular formula is C19H17BrO2. The van der Waals surface area contributed by atoms with Gasteiger partial charge in [-0.1, -0.05) is 48.5 Å². The Morgan fingerprint density at radius 2 is 1.59 bits per heavy atom. The molecule has 1 aromatic rings. The minimum Gasteiger partial charge on any atom is -0.466 e. The molecule has 0 amide bonds. The number of fused-ring (bicyclic) bond motifs is 1. The molecule has 0 saturated heterocycles. The van der Waals surface area contributed by atoms with Gasteiger partial charge in [-0.05, 0) is 56.7 Å². The van der Waals surface area contributed by atoms with Crippen LogP contribution in [-0.2, 0) is 11.2 Å². The van der Waals surface area contributed by atoms with Crippen molar-refractivity contribution in [3.63, 3.8) is 0 Å². The maximum Gasteiger partial charge on any atom is 0.188 e. The van der Waals surface area contributed by atoms with Crippen LogP contribution in [0.1, 0.15) is 11.1 Å². The van der Waals surface area contributed by atoms with E-state index in [9.17, 15) is 0 Å². The highest BCUT2D eigenvalue weighted by molar-refractivity contribution is 9.10. The zero-order chi connectivity index (χ0) is 15.4. The highest BCUT2D eigenvalue weighted by atomic mass is 79.9. The standard InChI is InChI=1S/C19H17BrO2/c1-21-13-22-19-8-7-14(12-18(19)20)9-15-10-16-5-3-2-4-6-17(16)11-15/h2-8,10-12H,9,13H2,1H3. The fourth-order valence-corrected chi connectivity index (χ4v) is 3.05. The van der Waals surface area contributed by atoms with Crippen LogP contribution in [0.25, 0.3) is 11.1 Å². The Labute approximate surface area is 139 Å². The van der Waals surface area contributed by atoms with Gasteiger partial charge in [0.25, 0.3) is 0 Å². The molecule has 0 fully saturated rings. The summed E-state index contributed by atoms with van der Waals surface area (Å²) in [4.78, 5) is 0. The molecule has 2 nitrogen and oxygen atoms in total. The second-order valence-corrected chi connectivity index (χ2v) is 6.03. The second-order valence-electron chi connectivity index (χ2n) is 5.18. The van der Waals surface area contributed by atoms with Crippen molar-refractivity contribution >= 4 is 15.9 Å². The molecule has 0 saturated carbocycles. The number of hydrogen-bond donors (Lipinski definition) is 0. The summed E-state index contributed by atoms with van der Waals surface area (Å²) in [5.41, 5.74) is 5.12. The molecule has 2 aliphatic carbocycles. The molecule has 22 heavy (non-hydrogen) atoms. The minimum atomic E-state index is 0.253. The molecule has 1 aromatic carbocycles. The number of ether oxygens (including phenoxy) is 2. The zero-order valence-corrected chi connectivity index (χ0v) is 14.0. The Hall–Kier alpha value is -1.84. The highest BCUT2D eigenvalue weighted by Crippen LogP contribution is 2.29. The van der Waals surface area contributed by atoms with Crippen LogP contribution in [0.15, 0.2) is 65.1 Å². The van der Waals surface area contributed by atoms with Gasteiger partial charge in [-0.3, -0.25) is 0 Å². The summed E-state index contributed by atoms with van der Waals surface area (Å²) >= 11 is 3.55. The van der Waals surface area contributed by atoms with Gasteiger partial charge in [0, 0.05) is 7.11 Å². The van der Waals surface area contributed by atoms with E-state index in [-0.39, 0.29) is 6.79 Å². The second kappa shape index (κ2) is 6.95. The lowest BCUT2D eigenvalue weighted by molar-refractivity contribution is 0.0506. The highest BCUT2D eigenvalue weighted by Gasteiger charge is 2.07. The third-order valence-electron chi connectivity index (χ3n) is 3.53. The number of methoxy groups -OCH3 is 1. The number of rotatable bonds is 5. The largest absolute Gasteiger partial charge is 0.466 e. The van der Waals surface area contributed by atoms with Crippen molar-refractivity contribution in [2.45, 2.75) is 6.42 Å². The van der Waals surface area contributed by atoms with Gasteiger partial charge in [-0.2, -0.15) is 0 Å². The van der Waals surface area contributed by atoms with Gasteiger partial charge in [-0.25, -0.2) is 0 Å². The van der Waals surface area contributed by atoms with Gasteiger partial charge in [-0.15, -0.1) is 0 Å². The van der Waals surface area contributed by atoms with Crippen LogP contribution in [0, 0.1) is 0 Å². The van der Waals surface area contributed by atoms with E-state index in [2.05, 4.69) is 70.5 Å². The van der Waals surface area contributed by atoms with Gasteiger partial charge in [0.05, 0.1) is 4.47 Å². The monoisotopic (exact) mass is 356 g/mol. The van der Waals surface area contributed by atoms with E-state index < -0.39 is 0 Å². The summed E-state index contributed by atoms with van der Waals surface area (Å²) in [6, 6.07) is 21.2. The van der Waals surface area contributed by atoms with Crippen LogP contribution < -0.4 is 4.74 Å². The molecule has 112 valence electrons. The molecule has 3 heteroatoms. The van der Waals surface area contributed by atoms with E-state index in [0.717, 1.165) is 16.6 Å². The summed E-state index contributed by atoms with van der Waals surface area (Å²) in [6.07, 6.45) is 0.904. The smallest absolute Gasteiger partial charge is 0.188 e. The van der Waals surface area contributed by atoms with Crippen molar-refractivity contribution < 1.29 is 9.47 Å². The zero-order valence-electron chi connectivity index (χ0n) is 12.4. The van der Waals surface area contributed by atoms with Gasteiger partial charge in [0.2, 0.25) is 0 Å². The van der Waals surface area contributed by atoms with Crippen molar-refractivity contribution in [1.29, 1.82) is 0 Å². The molecule has 0 atom stereocenters. The molecule has 0 aliphatic heterocycles. The molecule has 2 aliphatic rings. The summed E-state index contributed by atoms with van der Waals surface area (Å²) in [7, 11) is 1.61. The first-order valence-corrected chi connectivity index (χ1v) is 7.93. The molecule has 0 bridgehead atoms. The molecule has 0 N–H and O–H groups in total. The van der Waals surface area contributed by atoms with Crippen LogP contribution in [0.4, 0.5) is 0 Å². The first kappa shape index (κ1) is 15.1. The Morgan fingerprint density at radius 3 is 2.23 bits per heavy atom. The minimum absolute atomic E-state index is 0.253. The first-order valence-electron chi connectivity index (χ1n) is 7.14. The lowest BCUT2D eigenvalue weighted by Gasteiger charge is -2.08. The van der Waals surface area contributed by atoms with Crippen molar-refractivity contribution in [3.8, 4) is 16.9 Å². The van der Waals surface area contributed by atoms with Gasteiger partial charge < -0.3 is 9.47 Å². The number of halogens is 1. The Morgan fingerprint density at radius 1 is 0.864 bits per heavy atom. The van der Waals surface area contributed by atoms with E-state index in [4.69, 9.17) is 9.47 Å². The summed E-state index contributed by atoms with van der Waals surface area (Å²) in [5, 5.41) is 0. The quantitative estimate of drug-likeness (QED) is 0.590. The third kappa shape index (κ3) is 3.49. The normalized spacial score (nSPS) is 10.8. The Bertz CT molecular complexity index is 708. The number of hydrogen-bond acceptors (Lipinski definition) is 2. The first-order chi connectivity index (χ1) is 10.8. The summed E-state index contributed by atoms with van der Waals surface area (Å²) in [6.45, 7) is 0.253. The Balaban J connectivity index is 1.80. The molecule has 0 radical (unpaired) electrons. The fraction of sp³-hybridized carbons (Fsp3) is 0.158. The Kier molecular flexibility index (Phi) is 4.76. The summed E-state index contributed by atoms with van der Waals surface area (Å²) in [5.74, 6) is 0.797. The van der Waals surface area contributed by atoms with E-state index in [1.54, 1.807) is 7.11 Å². The molecular weight excluding hydrogens is 340 g/mol. The van der Waals surface area contributed by atoms with E-state index in [1.165, 1.54) is 22.3 Å². The van der Waals surface area contributed by atoms with E-state index in [0.29, 0.717) is 0 Å². The molecule has 0 spiro atoms. The van der Waals surface area contributed by atoms with Crippen LogP contribution in [-0.4, -0.2) is 13.9 Å². The van der Waals surface area contributed by atoms with E-state index in [1.807, 2.05) is 6.07 Å². The van der Waals surface area contributed by atoms with Crippen LogP contribution >= 0.6 is 15.9 Å². The molecule has 0 unspecified atom stereocenters.